The molecule has 0 aromatic rings. The van der Waals surface area contributed by atoms with Crippen LogP contribution in [0.1, 0.15) is 57.8 Å². The van der Waals surface area contributed by atoms with Crippen molar-refractivity contribution in [2.24, 2.45) is 17.6 Å². The van der Waals surface area contributed by atoms with Crippen molar-refractivity contribution in [1.29, 1.82) is 0 Å². The molecule has 0 aliphatic heterocycles. The standard InChI is InChI=1S/C19H36N4O4S/c1-23(16-6-5-7-16)19(25)17(20)14-8-10-15(11-9-14)18(24)21-12-3-4-13-22-28(2,26)27/h14-17,22H,3-13,20H2,1-2H3,(H,21,24)/t14?,15?,17-/m0/s1. The van der Waals surface area contributed by atoms with Crippen molar-refractivity contribution < 1.29 is 18.0 Å². The highest BCUT2D eigenvalue weighted by Gasteiger charge is 2.35. The van der Waals surface area contributed by atoms with Crippen LogP contribution in [-0.4, -0.2) is 63.6 Å². The van der Waals surface area contributed by atoms with Crippen molar-refractivity contribution in [3.63, 3.8) is 0 Å². The largest absolute Gasteiger partial charge is 0.356 e. The molecule has 0 aromatic heterocycles. The van der Waals surface area contributed by atoms with Gasteiger partial charge in [-0.2, -0.15) is 0 Å². The molecule has 0 heterocycles. The number of carbonyl (C=O) groups excluding carboxylic acids is 2. The first kappa shape index (κ1) is 23.1. The Morgan fingerprint density at radius 1 is 1.07 bits per heavy atom. The van der Waals surface area contributed by atoms with Gasteiger partial charge in [0.15, 0.2) is 0 Å². The van der Waals surface area contributed by atoms with E-state index in [1.807, 2.05) is 11.9 Å². The number of carbonyl (C=O) groups is 2. The number of nitrogens with one attached hydrogen (secondary N) is 2. The molecule has 0 aromatic carbocycles. The molecule has 0 bridgehead atoms. The summed E-state index contributed by atoms with van der Waals surface area (Å²) in [6.45, 7) is 0.940. The lowest BCUT2D eigenvalue weighted by atomic mass is 9.77. The van der Waals surface area contributed by atoms with Crippen LogP contribution >= 0.6 is 0 Å². The van der Waals surface area contributed by atoms with E-state index in [0.717, 1.165) is 51.2 Å². The van der Waals surface area contributed by atoms with Gasteiger partial charge in [0, 0.05) is 32.1 Å². The van der Waals surface area contributed by atoms with Gasteiger partial charge in [-0.1, -0.05) is 0 Å². The third-order valence-electron chi connectivity index (χ3n) is 6.17. The monoisotopic (exact) mass is 416 g/mol. The summed E-state index contributed by atoms with van der Waals surface area (Å²) in [6, 6.07) is -0.106. The van der Waals surface area contributed by atoms with Crippen LogP contribution in [-0.2, 0) is 19.6 Å². The SMILES string of the molecule is CN(C(=O)[C@@H](N)C1CCC(C(=O)NCCCCNS(C)(=O)=O)CC1)C1CCC1. The molecule has 0 saturated heterocycles. The van der Waals surface area contributed by atoms with Crippen LogP contribution in [0.4, 0.5) is 0 Å². The first-order valence-electron chi connectivity index (χ1n) is 10.4. The smallest absolute Gasteiger partial charge is 0.239 e. The molecule has 2 saturated carbocycles. The van der Waals surface area contributed by atoms with E-state index in [1.165, 1.54) is 6.42 Å². The zero-order chi connectivity index (χ0) is 20.7. The van der Waals surface area contributed by atoms with Gasteiger partial charge in [0.1, 0.15) is 0 Å². The molecular formula is C19H36N4O4S. The van der Waals surface area contributed by atoms with Gasteiger partial charge in [-0.25, -0.2) is 13.1 Å². The van der Waals surface area contributed by atoms with Crippen LogP contribution in [0.15, 0.2) is 0 Å². The molecule has 8 nitrogen and oxygen atoms in total. The molecule has 1 atom stereocenters. The van der Waals surface area contributed by atoms with Crippen molar-refractivity contribution in [2.45, 2.75) is 69.9 Å². The molecule has 28 heavy (non-hydrogen) atoms. The number of nitrogens with two attached hydrogens (primary N) is 1. The minimum atomic E-state index is -3.15. The number of rotatable bonds is 10. The highest BCUT2D eigenvalue weighted by atomic mass is 32.2. The van der Waals surface area contributed by atoms with Crippen LogP contribution < -0.4 is 15.8 Å². The lowest BCUT2D eigenvalue weighted by molar-refractivity contribution is -0.136. The molecule has 4 N–H and O–H groups in total. The maximum Gasteiger partial charge on any atom is 0.239 e. The van der Waals surface area contributed by atoms with Crippen molar-refractivity contribution in [3.8, 4) is 0 Å². The van der Waals surface area contributed by atoms with Gasteiger partial charge >= 0.3 is 0 Å². The van der Waals surface area contributed by atoms with E-state index >= 15 is 0 Å². The van der Waals surface area contributed by atoms with Crippen molar-refractivity contribution in [1.82, 2.24) is 14.9 Å². The van der Waals surface area contributed by atoms with E-state index in [4.69, 9.17) is 5.73 Å². The van der Waals surface area contributed by atoms with E-state index in [-0.39, 0.29) is 23.7 Å². The number of hydrogen-bond acceptors (Lipinski definition) is 5. The molecule has 2 aliphatic rings. The maximum atomic E-state index is 12.6. The van der Waals surface area contributed by atoms with E-state index < -0.39 is 16.1 Å². The first-order chi connectivity index (χ1) is 13.2. The second-order valence-electron chi connectivity index (χ2n) is 8.34. The molecule has 2 amide bonds. The predicted octanol–water partition coefficient (Wildman–Crippen LogP) is 0.577. The van der Waals surface area contributed by atoms with Gasteiger partial charge in [-0.05, 0) is 63.7 Å². The van der Waals surface area contributed by atoms with Crippen LogP contribution in [0.5, 0.6) is 0 Å². The molecule has 2 fully saturated rings. The lowest BCUT2D eigenvalue weighted by Crippen LogP contribution is -2.52. The average molecular weight is 417 g/mol. The fourth-order valence-corrected chi connectivity index (χ4v) is 4.51. The molecule has 9 heteroatoms. The minimum absolute atomic E-state index is 0.0166. The van der Waals surface area contributed by atoms with Crippen molar-refractivity contribution in [2.75, 3.05) is 26.4 Å². The molecule has 0 unspecified atom stereocenters. The van der Waals surface area contributed by atoms with Crippen molar-refractivity contribution >= 4 is 21.8 Å². The summed E-state index contributed by atoms with van der Waals surface area (Å²) in [6.07, 6.45) is 9.03. The number of amides is 2. The number of unbranched alkanes of at least 4 members (excludes halogenated alkanes) is 1. The van der Waals surface area contributed by atoms with Gasteiger partial charge < -0.3 is 16.0 Å². The van der Waals surface area contributed by atoms with E-state index in [9.17, 15) is 18.0 Å². The summed E-state index contributed by atoms with van der Waals surface area (Å²) in [7, 11) is -1.29. The van der Waals surface area contributed by atoms with Gasteiger partial charge in [0.25, 0.3) is 0 Å². The Kier molecular flexibility index (Phi) is 8.70. The van der Waals surface area contributed by atoms with Gasteiger partial charge in [0.2, 0.25) is 21.8 Å². The topological polar surface area (TPSA) is 122 Å². The van der Waals surface area contributed by atoms with Gasteiger partial charge in [0.05, 0.1) is 12.3 Å². The van der Waals surface area contributed by atoms with Gasteiger partial charge in [-0.3, -0.25) is 9.59 Å². The molecule has 0 radical (unpaired) electrons. The number of nitrogens with zero attached hydrogens (tertiary/aromatic N) is 1. The highest BCUT2D eigenvalue weighted by molar-refractivity contribution is 7.88. The summed E-state index contributed by atoms with van der Waals surface area (Å²) in [5.74, 6) is 0.236. The Hall–Kier alpha value is -1.19. The fraction of sp³-hybridized carbons (Fsp3) is 0.895. The van der Waals surface area contributed by atoms with E-state index in [2.05, 4.69) is 10.0 Å². The Labute approximate surface area is 169 Å². The third-order valence-corrected chi connectivity index (χ3v) is 6.90. The molecule has 2 aliphatic carbocycles. The summed E-state index contributed by atoms with van der Waals surface area (Å²) < 4.78 is 24.4. The highest BCUT2D eigenvalue weighted by Crippen LogP contribution is 2.32. The predicted molar refractivity (Wildman–Crippen MR) is 109 cm³/mol. The van der Waals surface area contributed by atoms with E-state index in [1.54, 1.807) is 0 Å². The van der Waals surface area contributed by atoms with Crippen LogP contribution in [0.2, 0.25) is 0 Å². The third kappa shape index (κ3) is 7.00. The van der Waals surface area contributed by atoms with Crippen LogP contribution in [0.25, 0.3) is 0 Å². The summed E-state index contributed by atoms with van der Waals surface area (Å²) in [4.78, 5) is 26.7. The first-order valence-corrected chi connectivity index (χ1v) is 12.3. The lowest BCUT2D eigenvalue weighted by Gasteiger charge is -2.38. The molecule has 0 spiro atoms. The summed E-state index contributed by atoms with van der Waals surface area (Å²) in [5, 5.41) is 2.94. The number of hydrogen-bond donors (Lipinski definition) is 3. The molecular weight excluding hydrogens is 380 g/mol. The maximum absolute atomic E-state index is 12.6. The second kappa shape index (κ2) is 10.5. The Morgan fingerprint density at radius 2 is 1.68 bits per heavy atom. The molecule has 2 rings (SSSR count). The Bertz CT molecular complexity index is 628. The van der Waals surface area contributed by atoms with E-state index in [0.29, 0.717) is 25.6 Å². The zero-order valence-corrected chi connectivity index (χ0v) is 18.0. The fourth-order valence-electron chi connectivity index (χ4n) is 3.99. The Balaban J connectivity index is 1.62. The normalized spacial score (nSPS) is 24.2. The van der Waals surface area contributed by atoms with Crippen molar-refractivity contribution in [3.05, 3.63) is 0 Å². The Morgan fingerprint density at radius 3 is 2.21 bits per heavy atom. The second-order valence-corrected chi connectivity index (χ2v) is 10.2. The average Bonchev–Trinajstić information content (AvgIpc) is 2.61. The van der Waals surface area contributed by atoms with Crippen LogP contribution in [0.3, 0.4) is 0 Å². The number of sulfonamides is 1. The summed E-state index contributed by atoms with van der Waals surface area (Å²) >= 11 is 0. The minimum Gasteiger partial charge on any atom is -0.356 e. The quantitative estimate of drug-likeness (QED) is 0.450. The number of likely N-dealkylation sites (N-methyl/N-ethyl adjacent to an activating group) is 1. The van der Waals surface area contributed by atoms with Gasteiger partial charge in [-0.15, -0.1) is 0 Å². The zero-order valence-electron chi connectivity index (χ0n) is 17.2. The van der Waals surface area contributed by atoms with Crippen LogP contribution in [0, 0.1) is 11.8 Å². The molecule has 162 valence electrons. The summed E-state index contributed by atoms with van der Waals surface area (Å²) in [5.41, 5.74) is 6.25.